The van der Waals surface area contributed by atoms with Crippen molar-refractivity contribution in [3.05, 3.63) is 29.6 Å². The van der Waals surface area contributed by atoms with Gasteiger partial charge in [0.15, 0.2) is 18.2 Å². The molecule has 1 rings (SSSR count). The molecule has 0 saturated carbocycles. The molecule has 0 aliphatic heterocycles. The van der Waals surface area contributed by atoms with E-state index >= 15 is 0 Å². The number of rotatable bonds is 4. The highest BCUT2D eigenvalue weighted by Crippen LogP contribution is 2.17. The first kappa shape index (κ1) is 11.2. The number of halogens is 1. The Bertz CT molecular complexity index is 379. The van der Waals surface area contributed by atoms with Crippen LogP contribution in [-0.4, -0.2) is 25.8 Å². The normalized spacial score (nSPS) is 9.47. The first-order valence-corrected chi connectivity index (χ1v) is 4.25. The Hall–Kier alpha value is -1.91. The van der Waals surface area contributed by atoms with Crippen molar-refractivity contribution in [1.82, 2.24) is 5.32 Å². The zero-order valence-electron chi connectivity index (χ0n) is 8.12. The van der Waals surface area contributed by atoms with E-state index in [2.05, 4.69) is 5.32 Å². The zero-order chi connectivity index (χ0) is 11.3. The van der Waals surface area contributed by atoms with Gasteiger partial charge in [0.2, 0.25) is 0 Å². The van der Waals surface area contributed by atoms with E-state index in [9.17, 15) is 14.0 Å². The molecule has 0 aliphatic rings. The van der Waals surface area contributed by atoms with Crippen LogP contribution in [0.25, 0.3) is 0 Å². The van der Waals surface area contributed by atoms with Crippen LogP contribution in [0.5, 0.6) is 5.75 Å². The lowest BCUT2D eigenvalue weighted by Crippen LogP contribution is -2.25. The minimum atomic E-state index is -0.663. The summed E-state index contributed by atoms with van der Waals surface area (Å²) < 4.78 is 18.1. The third-order valence-electron chi connectivity index (χ3n) is 1.73. The standard InChI is InChI=1S/C10H10FNO3/c1-12-10(14)6-15-9-3-2-7(5-13)4-8(9)11/h2-5H,6H2,1H3,(H,12,14). The summed E-state index contributed by atoms with van der Waals surface area (Å²) in [7, 11) is 1.46. The van der Waals surface area contributed by atoms with E-state index in [0.717, 1.165) is 6.07 Å². The molecule has 0 radical (unpaired) electrons. The highest BCUT2D eigenvalue weighted by atomic mass is 19.1. The highest BCUT2D eigenvalue weighted by Gasteiger charge is 2.06. The highest BCUT2D eigenvalue weighted by molar-refractivity contribution is 5.77. The van der Waals surface area contributed by atoms with E-state index < -0.39 is 5.82 Å². The van der Waals surface area contributed by atoms with Crippen molar-refractivity contribution in [3.63, 3.8) is 0 Å². The minimum absolute atomic E-state index is 0.0517. The van der Waals surface area contributed by atoms with Gasteiger partial charge in [0.1, 0.15) is 6.29 Å². The molecule has 0 spiro atoms. The van der Waals surface area contributed by atoms with Crippen molar-refractivity contribution in [3.8, 4) is 5.75 Å². The van der Waals surface area contributed by atoms with Gasteiger partial charge >= 0.3 is 0 Å². The van der Waals surface area contributed by atoms with Crippen LogP contribution >= 0.6 is 0 Å². The Labute approximate surface area is 86.0 Å². The summed E-state index contributed by atoms with van der Waals surface area (Å²) in [6, 6.07) is 3.77. The minimum Gasteiger partial charge on any atom is -0.481 e. The van der Waals surface area contributed by atoms with Crippen LogP contribution in [0.4, 0.5) is 4.39 Å². The van der Waals surface area contributed by atoms with Gasteiger partial charge in [-0.1, -0.05) is 0 Å². The Kier molecular flexibility index (Phi) is 3.79. The molecule has 1 aromatic carbocycles. The number of carbonyl (C=O) groups is 2. The molecule has 0 unspecified atom stereocenters. The number of benzene rings is 1. The van der Waals surface area contributed by atoms with E-state index in [-0.39, 0.29) is 23.8 Å². The number of likely N-dealkylation sites (N-methyl/N-ethyl adjacent to an activating group) is 1. The predicted molar refractivity (Wildman–Crippen MR) is 51.3 cm³/mol. The van der Waals surface area contributed by atoms with Crippen molar-refractivity contribution in [2.24, 2.45) is 0 Å². The van der Waals surface area contributed by atoms with Crippen molar-refractivity contribution in [2.75, 3.05) is 13.7 Å². The van der Waals surface area contributed by atoms with Crippen LogP contribution in [0, 0.1) is 5.82 Å². The van der Waals surface area contributed by atoms with Gasteiger partial charge in [-0.05, 0) is 18.2 Å². The largest absolute Gasteiger partial charge is 0.481 e. The van der Waals surface area contributed by atoms with E-state index in [0.29, 0.717) is 6.29 Å². The lowest BCUT2D eigenvalue weighted by Gasteiger charge is -2.06. The second-order valence-corrected chi connectivity index (χ2v) is 2.77. The van der Waals surface area contributed by atoms with Crippen LogP contribution in [-0.2, 0) is 4.79 Å². The molecule has 4 nitrogen and oxygen atoms in total. The Morgan fingerprint density at radius 1 is 1.60 bits per heavy atom. The van der Waals surface area contributed by atoms with Gasteiger partial charge in [-0.25, -0.2) is 4.39 Å². The molecular weight excluding hydrogens is 201 g/mol. The van der Waals surface area contributed by atoms with Gasteiger partial charge < -0.3 is 10.1 Å². The summed E-state index contributed by atoms with van der Waals surface area (Å²) in [5, 5.41) is 2.33. The fraction of sp³-hybridized carbons (Fsp3) is 0.200. The average molecular weight is 211 g/mol. The number of carbonyl (C=O) groups excluding carboxylic acids is 2. The quantitative estimate of drug-likeness (QED) is 0.748. The molecule has 0 aliphatic carbocycles. The third-order valence-corrected chi connectivity index (χ3v) is 1.73. The summed E-state index contributed by atoms with van der Waals surface area (Å²) in [5.41, 5.74) is 0.222. The van der Waals surface area contributed by atoms with E-state index in [4.69, 9.17) is 4.74 Å². The van der Waals surface area contributed by atoms with E-state index in [1.807, 2.05) is 0 Å². The molecule has 0 atom stereocenters. The molecule has 0 bridgehead atoms. The van der Waals surface area contributed by atoms with Crippen molar-refractivity contribution < 1.29 is 18.7 Å². The maximum atomic E-state index is 13.2. The predicted octanol–water partition coefficient (Wildman–Crippen LogP) is 0.763. The van der Waals surface area contributed by atoms with Gasteiger partial charge in [0.25, 0.3) is 5.91 Å². The molecule has 0 saturated heterocycles. The Balaban J connectivity index is 2.70. The molecule has 0 aromatic heterocycles. The van der Waals surface area contributed by atoms with Gasteiger partial charge in [-0.2, -0.15) is 0 Å². The van der Waals surface area contributed by atoms with Crippen LogP contribution in [0.1, 0.15) is 10.4 Å². The first-order valence-electron chi connectivity index (χ1n) is 4.25. The smallest absolute Gasteiger partial charge is 0.257 e. The second kappa shape index (κ2) is 5.09. The number of nitrogens with one attached hydrogen (secondary N) is 1. The lowest BCUT2D eigenvalue weighted by molar-refractivity contribution is -0.122. The van der Waals surface area contributed by atoms with Gasteiger partial charge in [0, 0.05) is 12.6 Å². The average Bonchev–Trinajstić information content (AvgIpc) is 2.26. The Morgan fingerprint density at radius 2 is 2.33 bits per heavy atom. The van der Waals surface area contributed by atoms with E-state index in [1.165, 1.54) is 19.2 Å². The zero-order valence-corrected chi connectivity index (χ0v) is 8.12. The molecular formula is C10H10FNO3. The molecule has 1 aromatic rings. The molecule has 1 amide bonds. The summed E-state index contributed by atoms with van der Waals surface area (Å²) >= 11 is 0. The van der Waals surface area contributed by atoms with Gasteiger partial charge in [-0.15, -0.1) is 0 Å². The maximum absolute atomic E-state index is 13.2. The SMILES string of the molecule is CNC(=O)COc1ccc(C=O)cc1F. The third kappa shape index (κ3) is 3.05. The number of hydrogen-bond donors (Lipinski definition) is 1. The summed E-state index contributed by atoms with van der Waals surface area (Å²) in [6.07, 6.45) is 0.533. The number of amides is 1. The molecule has 15 heavy (non-hydrogen) atoms. The van der Waals surface area contributed by atoms with Crippen LogP contribution in [0.3, 0.4) is 0 Å². The number of hydrogen-bond acceptors (Lipinski definition) is 3. The molecule has 1 N–H and O–H groups in total. The summed E-state index contributed by atoms with van der Waals surface area (Å²) in [6.45, 7) is -0.256. The second-order valence-electron chi connectivity index (χ2n) is 2.77. The molecule has 0 heterocycles. The number of ether oxygens (including phenoxy) is 1. The van der Waals surface area contributed by atoms with Crippen LogP contribution in [0.15, 0.2) is 18.2 Å². The van der Waals surface area contributed by atoms with Crippen molar-refractivity contribution >= 4 is 12.2 Å². The fourth-order valence-corrected chi connectivity index (χ4v) is 0.923. The maximum Gasteiger partial charge on any atom is 0.257 e. The molecule has 0 fully saturated rings. The van der Waals surface area contributed by atoms with Crippen molar-refractivity contribution in [2.45, 2.75) is 0 Å². The molecule has 80 valence electrons. The van der Waals surface area contributed by atoms with Gasteiger partial charge in [0.05, 0.1) is 0 Å². The van der Waals surface area contributed by atoms with E-state index in [1.54, 1.807) is 0 Å². The Morgan fingerprint density at radius 3 is 2.87 bits per heavy atom. The topological polar surface area (TPSA) is 55.4 Å². The van der Waals surface area contributed by atoms with Crippen LogP contribution in [0.2, 0.25) is 0 Å². The van der Waals surface area contributed by atoms with Crippen molar-refractivity contribution in [1.29, 1.82) is 0 Å². The number of aldehydes is 1. The first-order chi connectivity index (χ1) is 7.17. The van der Waals surface area contributed by atoms with Crippen LogP contribution < -0.4 is 10.1 Å². The fourth-order valence-electron chi connectivity index (χ4n) is 0.923. The summed E-state index contributed by atoms with van der Waals surface area (Å²) in [4.78, 5) is 21.1. The lowest BCUT2D eigenvalue weighted by atomic mass is 10.2. The van der Waals surface area contributed by atoms with Gasteiger partial charge in [-0.3, -0.25) is 9.59 Å². The monoisotopic (exact) mass is 211 g/mol. The summed E-state index contributed by atoms with van der Waals surface area (Å²) in [5.74, 6) is -1.07. The molecule has 5 heteroatoms.